The Morgan fingerprint density at radius 3 is 2.89 bits per heavy atom. The Balaban J connectivity index is 1.84. The smallest absolute Gasteiger partial charge is 0.320 e. The molecule has 2 N–H and O–H groups in total. The topological polar surface area (TPSA) is 54.3 Å². The first-order chi connectivity index (χ1) is 9.22. The van der Waals surface area contributed by atoms with Gasteiger partial charge in [-0.25, -0.2) is 0 Å². The van der Waals surface area contributed by atoms with E-state index in [0.29, 0.717) is 6.42 Å². The van der Waals surface area contributed by atoms with E-state index in [9.17, 15) is 4.79 Å². The van der Waals surface area contributed by atoms with Gasteiger partial charge in [0.2, 0.25) is 0 Å². The summed E-state index contributed by atoms with van der Waals surface area (Å²) in [5.41, 5.74) is 1.23. The van der Waals surface area contributed by atoms with Gasteiger partial charge in [0.05, 0.1) is 0 Å². The molecule has 0 spiro atoms. The number of aliphatic carboxylic acids is 1. The Morgan fingerprint density at radius 1 is 1.37 bits per heavy atom. The van der Waals surface area contributed by atoms with Gasteiger partial charge in [0.1, 0.15) is 6.04 Å². The van der Waals surface area contributed by atoms with Crippen LogP contribution in [0.15, 0.2) is 36.5 Å². The Bertz CT molecular complexity index is 548. The van der Waals surface area contributed by atoms with Gasteiger partial charge < -0.3 is 15.0 Å². The number of rotatable bonds is 7. The third kappa shape index (κ3) is 3.35. The molecule has 102 valence electrons. The van der Waals surface area contributed by atoms with Crippen molar-refractivity contribution in [3.63, 3.8) is 0 Å². The molecule has 0 radical (unpaired) electrons. The number of nitrogens with zero attached hydrogens (tertiary/aromatic N) is 1. The van der Waals surface area contributed by atoms with E-state index >= 15 is 0 Å². The Kier molecular flexibility index (Phi) is 4.58. The number of carboxylic acids is 1. The molecule has 0 saturated carbocycles. The van der Waals surface area contributed by atoms with E-state index in [1.165, 1.54) is 10.9 Å². The zero-order valence-corrected chi connectivity index (χ0v) is 11.2. The van der Waals surface area contributed by atoms with E-state index in [1.54, 1.807) is 0 Å². The van der Waals surface area contributed by atoms with Crippen molar-refractivity contribution in [1.29, 1.82) is 0 Å². The Labute approximate surface area is 113 Å². The van der Waals surface area contributed by atoms with E-state index in [2.05, 4.69) is 34.3 Å². The molecule has 0 aliphatic carbocycles. The fourth-order valence-corrected chi connectivity index (χ4v) is 2.27. The molecule has 2 rings (SSSR count). The largest absolute Gasteiger partial charge is 0.480 e. The molecule has 0 fully saturated rings. The number of aryl methyl sites for hydroxylation is 1. The zero-order valence-electron chi connectivity index (χ0n) is 11.2. The molecule has 4 nitrogen and oxygen atoms in total. The molecule has 4 heteroatoms. The highest BCUT2D eigenvalue weighted by Crippen LogP contribution is 2.15. The van der Waals surface area contributed by atoms with Gasteiger partial charge in [0.15, 0.2) is 0 Å². The number of aromatic nitrogens is 1. The first kappa shape index (κ1) is 13.6. The molecule has 1 unspecified atom stereocenters. The number of hydrogen-bond acceptors (Lipinski definition) is 2. The highest BCUT2D eigenvalue weighted by molar-refractivity contribution is 5.79. The van der Waals surface area contributed by atoms with Gasteiger partial charge in [0, 0.05) is 18.3 Å². The molecule has 0 amide bonds. The van der Waals surface area contributed by atoms with Gasteiger partial charge in [-0.2, -0.15) is 0 Å². The number of hydrogen-bond donors (Lipinski definition) is 2. The number of fused-ring (bicyclic) bond motifs is 1. The second kappa shape index (κ2) is 6.38. The van der Waals surface area contributed by atoms with Crippen LogP contribution in [0, 0.1) is 0 Å². The van der Waals surface area contributed by atoms with E-state index in [4.69, 9.17) is 5.11 Å². The van der Waals surface area contributed by atoms with Crippen LogP contribution in [0.2, 0.25) is 0 Å². The van der Waals surface area contributed by atoms with Crippen LogP contribution in [0.25, 0.3) is 10.9 Å². The van der Waals surface area contributed by atoms with Crippen molar-refractivity contribution in [3.8, 4) is 0 Å². The predicted molar refractivity (Wildman–Crippen MR) is 76.3 cm³/mol. The van der Waals surface area contributed by atoms with Crippen molar-refractivity contribution >= 4 is 16.9 Å². The lowest BCUT2D eigenvalue weighted by Crippen LogP contribution is -2.36. The van der Waals surface area contributed by atoms with Crippen LogP contribution in [-0.4, -0.2) is 28.2 Å². The summed E-state index contributed by atoms with van der Waals surface area (Å²) in [6.45, 7) is 3.50. The number of carboxylic acid groups (broad SMARTS) is 1. The van der Waals surface area contributed by atoms with Gasteiger partial charge in [-0.15, -0.1) is 0 Å². The number of carbonyl (C=O) groups is 1. The van der Waals surface area contributed by atoms with Crippen LogP contribution < -0.4 is 5.32 Å². The first-order valence-corrected chi connectivity index (χ1v) is 6.72. The summed E-state index contributed by atoms with van der Waals surface area (Å²) in [6, 6.07) is 9.95. The van der Waals surface area contributed by atoms with Crippen molar-refractivity contribution in [2.75, 3.05) is 6.54 Å². The van der Waals surface area contributed by atoms with Crippen molar-refractivity contribution in [1.82, 2.24) is 9.88 Å². The summed E-state index contributed by atoms with van der Waals surface area (Å²) in [5.74, 6) is -0.770. The molecular formula is C15H20N2O2. The van der Waals surface area contributed by atoms with Gasteiger partial charge in [-0.1, -0.05) is 25.1 Å². The highest BCUT2D eigenvalue weighted by Gasteiger charge is 2.12. The molecular weight excluding hydrogens is 240 g/mol. The lowest BCUT2D eigenvalue weighted by atomic mass is 10.2. The normalized spacial score (nSPS) is 12.7. The highest BCUT2D eigenvalue weighted by atomic mass is 16.4. The first-order valence-electron chi connectivity index (χ1n) is 6.72. The maximum absolute atomic E-state index is 10.9. The number of nitrogens with one attached hydrogen (secondary N) is 1. The fraction of sp³-hybridized carbons (Fsp3) is 0.400. The molecule has 1 aromatic carbocycles. The quantitative estimate of drug-likeness (QED) is 0.752. The molecule has 0 aliphatic heterocycles. The minimum absolute atomic E-state index is 0.429. The molecule has 0 saturated heterocycles. The molecule has 19 heavy (non-hydrogen) atoms. The predicted octanol–water partition coefficient (Wildman–Crippen LogP) is 2.48. The Morgan fingerprint density at radius 2 is 2.16 bits per heavy atom. The van der Waals surface area contributed by atoms with Crippen molar-refractivity contribution in [2.45, 2.75) is 32.4 Å². The Hall–Kier alpha value is -1.81. The number of benzene rings is 1. The van der Waals surface area contributed by atoms with Gasteiger partial charge in [0.25, 0.3) is 0 Å². The van der Waals surface area contributed by atoms with Crippen molar-refractivity contribution in [2.24, 2.45) is 0 Å². The summed E-state index contributed by atoms with van der Waals surface area (Å²) < 4.78 is 2.21. The van der Waals surface area contributed by atoms with Crippen LogP contribution in [0.3, 0.4) is 0 Å². The molecule has 2 aromatic rings. The second-order valence-corrected chi connectivity index (χ2v) is 4.67. The summed E-state index contributed by atoms with van der Waals surface area (Å²) in [6.07, 6.45) is 3.61. The third-order valence-corrected chi connectivity index (χ3v) is 3.35. The number of para-hydroxylation sites is 1. The van der Waals surface area contributed by atoms with Crippen LogP contribution >= 0.6 is 0 Å². The maximum atomic E-state index is 10.9. The zero-order chi connectivity index (χ0) is 13.7. The van der Waals surface area contributed by atoms with Crippen molar-refractivity contribution < 1.29 is 9.90 Å². The molecule has 1 heterocycles. The SMILES string of the molecule is CCC(NCCCn1ccc2ccccc21)C(=O)O. The lowest BCUT2D eigenvalue weighted by molar-refractivity contribution is -0.139. The van der Waals surface area contributed by atoms with Crippen LogP contribution in [0.5, 0.6) is 0 Å². The lowest BCUT2D eigenvalue weighted by Gasteiger charge is -2.12. The van der Waals surface area contributed by atoms with Crippen molar-refractivity contribution in [3.05, 3.63) is 36.5 Å². The summed E-state index contributed by atoms with van der Waals surface area (Å²) in [5, 5.41) is 13.2. The monoisotopic (exact) mass is 260 g/mol. The van der Waals surface area contributed by atoms with Gasteiger partial charge >= 0.3 is 5.97 Å². The molecule has 0 aliphatic rings. The molecule has 0 bridgehead atoms. The molecule has 1 atom stereocenters. The van der Waals surface area contributed by atoms with E-state index in [1.807, 2.05) is 19.1 Å². The molecule has 1 aromatic heterocycles. The van der Waals surface area contributed by atoms with E-state index in [0.717, 1.165) is 19.5 Å². The van der Waals surface area contributed by atoms with Gasteiger partial charge in [-0.05, 0) is 36.9 Å². The van der Waals surface area contributed by atoms with E-state index < -0.39 is 12.0 Å². The summed E-state index contributed by atoms with van der Waals surface area (Å²) in [7, 11) is 0. The van der Waals surface area contributed by atoms with Gasteiger partial charge in [-0.3, -0.25) is 4.79 Å². The average molecular weight is 260 g/mol. The fourth-order valence-electron chi connectivity index (χ4n) is 2.27. The second-order valence-electron chi connectivity index (χ2n) is 4.67. The van der Waals surface area contributed by atoms with E-state index in [-0.39, 0.29) is 0 Å². The average Bonchev–Trinajstić information content (AvgIpc) is 2.82. The van der Waals surface area contributed by atoms with Crippen LogP contribution in [-0.2, 0) is 11.3 Å². The summed E-state index contributed by atoms with van der Waals surface area (Å²) >= 11 is 0. The standard InChI is InChI=1S/C15H20N2O2/c1-2-13(15(18)19)16-9-5-10-17-11-8-12-6-3-4-7-14(12)17/h3-4,6-8,11,13,16H,2,5,9-10H2,1H3,(H,18,19). The minimum Gasteiger partial charge on any atom is -0.480 e. The third-order valence-electron chi connectivity index (χ3n) is 3.35. The summed E-state index contributed by atoms with van der Waals surface area (Å²) in [4.78, 5) is 10.9. The van der Waals surface area contributed by atoms with Crippen LogP contribution in [0.1, 0.15) is 19.8 Å². The minimum atomic E-state index is -0.770. The van der Waals surface area contributed by atoms with Crippen LogP contribution in [0.4, 0.5) is 0 Å². The maximum Gasteiger partial charge on any atom is 0.320 e.